The molecule has 0 aliphatic rings. The zero-order valence-electron chi connectivity index (χ0n) is 10.8. The van der Waals surface area contributed by atoms with Crippen LogP contribution in [-0.2, 0) is 0 Å². The van der Waals surface area contributed by atoms with Crippen LogP contribution >= 0.6 is 15.9 Å². The van der Waals surface area contributed by atoms with Crippen LogP contribution in [0.2, 0.25) is 0 Å². The monoisotopic (exact) mass is 313 g/mol. The number of carbonyl (C=O) groups excluding carboxylic acids is 1. The molecule has 0 aliphatic carbocycles. The smallest absolute Gasteiger partial charge is 0.250 e. The molecule has 100 valence electrons. The quantitative estimate of drug-likeness (QED) is 0.754. The van der Waals surface area contributed by atoms with Gasteiger partial charge in [-0.15, -0.1) is 0 Å². The summed E-state index contributed by atoms with van der Waals surface area (Å²) < 4.78 is 0.896. The topological polar surface area (TPSA) is 81.1 Å². The van der Waals surface area contributed by atoms with Crippen molar-refractivity contribution in [2.45, 2.75) is 32.2 Å². The maximum atomic E-state index is 11.4. The number of rotatable bonds is 6. The molecule has 4 nitrogen and oxygen atoms in total. The Bertz CT molecular complexity index is 422. The zero-order valence-corrected chi connectivity index (χ0v) is 12.4. The van der Waals surface area contributed by atoms with Gasteiger partial charge in [0, 0.05) is 22.2 Å². The van der Waals surface area contributed by atoms with E-state index in [1.165, 1.54) is 0 Å². The summed E-state index contributed by atoms with van der Waals surface area (Å²) in [6.07, 6.45) is 1.76. The van der Waals surface area contributed by atoms with Gasteiger partial charge in [0.05, 0.1) is 5.56 Å². The minimum atomic E-state index is -0.442. The first-order valence-electron chi connectivity index (χ1n) is 6.05. The van der Waals surface area contributed by atoms with Gasteiger partial charge in [0.2, 0.25) is 0 Å². The maximum Gasteiger partial charge on any atom is 0.250 e. The summed E-state index contributed by atoms with van der Waals surface area (Å²) in [5, 5.41) is 3.38. The highest BCUT2D eigenvalue weighted by molar-refractivity contribution is 9.10. The fourth-order valence-corrected chi connectivity index (χ4v) is 2.25. The van der Waals surface area contributed by atoms with E-state index in [0.717, 1.165) is 23.0 Å². The minimum Gasteiger partial charge on any atom is -0.378 e. The number of nitrogens with two attached hydrogens (primary N) is 2. The van der Waals surface area contributed by atoms with Gasteiger partial charge in [-0.25, -0.2) is 0 Å². The first-order chi connectivity index (χ1) is 8.48. The van der Waals surface area contributed by atoms with Crippen LogP contribution in [0.3, 0.4) is 0 Å². The predicted molar refractivity (Wildman–Crippen MR) is 78.7 cm³/mol. The normalized spacial score (nSPS) is 11.3. The zero-order chi connectivity index (χ0) is 13.8. The summed E-state index contributed by atoms with van der Waals surface area (Å²) >= 11 is 3.40. The Balaban J connectivity index is 3.16. The first kappa shape index (κ1) is 15.0. The van der Waals surface area contributed by atoms with E-state index in [2.05, 4.69) is 35.1 Å². The van der Waals surface area contributed by atoms with Gasteiger partial charge in [0.15, 0.2) is 0 Å². The van der Waals surface area contributed by atoms with E-state index in [1.807, 2.05) is 6.07 Å². The van der Waals surface area contributed by atoms with Crippen LogP contribution in [-0.4, -0.2) is 18.0 Å². The molecule has 1 aromatic carbocycles. The van der Waals surface area contributed by atoms with Crippen molar-refractivity contribution in [2.24, 2.45) is 11.5 Å². The predicted octanol–water partition coefficient (Wildman–Crippen LogP) is 2.48. The molecule has 0 radical (unpaired) electrons. The van der Waals surface area contributed by atoms with Gasteiger partial charge in [0.1, 0.15) is 0 Å². The van der Waals surface area contributed by atoms with Crippen molar-refractivity contribution in [3.05, 3.63) is 28.2 Å². The Hall–Kier alpha value is -1.07. The van der Waals surface area contributed by atoms with Crippen LogP contribution in [0.5, 0.6) is 0 Å². The number of carbonyl (C=O) groups is 1. The molecule has 0 unspecified atom stereocenters. The van der Waals surface area contributed by atoms with Crippen molar-refractivity contribution in [3.63, 3.8) is 0 Å². The van der Waals surface area contributed by atoms with Crippen LogP contribution in [0.25, 0.3) is 0 Å². The van der Waals surface area contributed by atoms with Gasteiger partial charge in [-0.3, -0.25) is 4.79 Å². The molecule has 0 bridgehead atoms. The molecule has 5 heteroatoms. The van der Waals surface area contributed by atoms with Gasteiger partial charge in [0.25, 0.3) is 5.91 Å². The lowest BCUT2D eigenvalue weighted by Gasteiger charge is -2.33. The lowest BCUT2D eigenvalue weighted by molar-refractivity contribution is 0.100. The molecule has 0 aromatic heterocycles. The van der Waals surface area contributed by atoms with Crippen molar-refractivity contribution >= 4 is 27.5 Å². The van der Waals surface area contributed by atoms with E-state index in [-0.39, 0.29) is 5.54 Å². The third kappa shape index (κ3) is 3.23. The number of hydrogen-bond donors (Lipinski definition) is 3. The summed E-state index contributed by atoms with van der Waals surface area (Å²) in [7, 11) is 0. The SMILES string of the molecule is CCC(CC)(CN)Nc1cc(Br)ccc1C(N)=O. The third-order valence-electron chi connectivity index (χ3n) is 3.39. The van der Waals surface area contributed by atoms with E-state index < -0.39 is 5.91 Å². The Labute approximate surface area is 116 Å². The highest BCUT2D eigenvalue weighted by Gasteiger charge is 2.25. The van der Waals surface area contributed by atoms with Crippen LogP contribution < -0.4 is 16.8 Å². The lowest BCUT2D eigenvalue weighted by Crippen LogP contribution is -2.44. The number of primary amides is 1. The van der Waals surface area contributed by atoms with E-state index >= 15 is 0 Å². The van der Waals surface area contributed by atoms with E-state index in [9.17, 15) is 4.79 Å². The molecule has 1 rings (SSSR count). The van der Waals surface area contributed by atoms with Crippen LogP contribution in [0.4, 0.5) is 5.69 Å². The Morgan fingerprint density at radius 1 is 1.39 bits per heavy atom. The summed E-state index contributed by atoms with van der Waals surface area (Å²) in [6, 6.07) is 5.37. The third-order valence-corrected chi connectivity index (χ3v) is 3.88. The largest absolute Gasteiger partial charge is 0.378 e. The summed E-state index contributed by atoms with van der Waals surface area (Å²) in [6.45, 7) is 4.65. The van der Waals surface area contributed by atoms with Crippen molar-refractivity contribution in [1.29, 1.82) is 0 Å². The summed E-state index contributed by atoms with van der Waals surface area (Å²) in [5.74, 6) is -0.442. The van der Waals surface area contributed by atoms with Crippen LogP contribution in [0.15, 0.2) is 22.7 Å². The standard InChI is InChI=1S/C13H20BrN3O/c1-3-13(4-2,8-15)17-11-7-9(14)5-6-10(11)12(16)18/h5-7,17H,3-4,8,15H2,1-2H3,(H2,16,18). The van der Waals surface area contributed by atoms with Crippen molar-refractivity contribution in [1.82, 2.24) is 0 Å². The fourth-order valence-electron chi connectivity index (χ4n) is 1.89. The molecule has 1 amide bonds. The first-order valence-corrected chi connectivity index (χ1v) is 6.85. The van der Waals surface area contributed by atoms with Gasteiger partial charge in [-0.1, -0.05) is 29.8 Å². The molecule has 5 N–H and O–H groups in total. The lowest BCUT2D eigenvalue weighted by atomic mass is 9.92. The van der Waals surface area contributed by atoms with E-state index in [4.69, 9.17) is 11.5 Å². The van der Waals surface area contributed by atoms with Gasteiger partial charge in [-0.2, -0.15) is 0 Å². The van der Waals surface area contributed by atoms with Crippen molar-refractivity contribution < 1.29 is 4.79 Å². The minimum absolute atomic E-state index is 0.203. The average Bonchev–Trinajstić information content (AvgIpc) is 2.36. The summed E-state index contributed by atoms with van der Waals surface area (Å²) in [5.41, 5.74) is 12.2. The second-order valence-corrected chi connectivity index (χ2v) is 5.29. The molecular weight excluding hydrogens is 294 g/mol. The molecule has 0 aliphatic heterocycles. The van der Waals surface area contributed by atoms with E-state index in [0.29, 0.717) is 12.1 Å². The Kier molecular flexibility index (Phi) is 5.16. The van der Waals surface area contributed by atoms with Gasteiger partial charge >= 0.3 is 0 Å². The molecule has 0 spiro atoms. The second kappa shape index (κ2) is 6.20. The number of halogens is 1. The van der Waals surface area contributed by atoms with E-state index in [1.54, 1.807) is 12.1 Å². The fraction of sp³-hybridized carbons (Fsp3) is 0.462. The Morgan fingerprint density at radius 2 is 2.00 bits per heavy atom. The molecule has 0 atom stereocenters. The molecule has 0 heterocycles. The number of hydrogen-bond acceptors (Lipinski definition) is 3. The molecular formula is C13H20BrN3O. The molecule has 18 heavy (non-hydrogen) atoms. The maximum absolute atomic E-state index is 11.4. The summed E-state index contributed by atoms with van der Waals surface area (Å²) in [4.78, 5) is 11.4. The number of benzene rings is 1. The van der Waals surface area contributed by atoms with Crippen molar-refractivity contribution in [2.75, 3.05) is 11.9 Å². The molecule has 0 saturated carbocycles. The van der Waals surface area contributed by atoms with Gasteiger partial charge in [-0.05, 0) is 31.0 Å². The van der Waals surface area contributed by atoms with Crippen LogP contribution in [0.1, 0.15) is 37.0 Å². The number of nitrogens with one attached hydrogen (secondary N) is 1. The Morgan fingerprint density at radius 3 is 2.44 bits per heavy atom. The average molecular weight is 314 g/mol. The molecule has 0 fully saturated rings. The second-order valence-electron chi connectivity index (χ2n) is 4.37. The highest BCUT2D eigenvalue weighted by Crippen LogP contribution is 2.27. The number of amides is 1. The van der Waals surface area contributed by atoms with Crippen LogP contribution in [0, 0.1) is 0 Å². The van der Waals surface area contributed by atoms with Gasteiger partial charge < -0.3 is 16.8 Å². The highest BCUT2D eigenvalue weighted by atomic mass is 79.9. The number of anilines is 1. The molecule has 0 saturated heterocycles. The molecule has 1 aromatic rings. The van der Waals surface area contributed by atoms with Crippen molar-refractivity contribution in [3.8, 4) is 0 Å².